The number of nitrogens with zero attached hydrogens (tertiary/aromatic N) is 1. The zero-order valence-electron chi connectivity index (χ0n) is 9.40. The van der Waals surface area contributed by atoms with E-state index in [2.05, 4.69) is 4.74 Å². The minimum Gasteiger partial charge on any atom is -0.482 e. The lowest BCUT2D eigenvalue weighted by molar-refractivity contribution is -0.383. The van der Waals surface area contributed by atoms with E-state index < -0.39 is 45.9 Å². The van der Waals surface area contributed by atoms with Crippen molar-refractivity contribution in [2.75, 3.05) is 11.9 Å². The Morgan fingerprint density at radius 2 is 2.10 bits per heavy atom. The van der Waals surface area contributed by atoms with E-state index in [4.69, 9.17) is 16.7 Å². The van der Waals surface area contributed by atoms with Crippen molar-refractivity contribution in [2.24, 2.45) is 0 Å². The molecular formula is C9H6ClF3N2O5. The Kier molecular flexibility index (Phi) is 4.61. The first-order chi connectivity index (χ1) is 9.10. The standard InChI is InChI=1S/C9H6ClF3N2O5/c10-4-1-6(15(18)19)5(14-8(16)17)2-7(4)20-3-9(11,12)13/h1-2,14H,3H2,(H,16,17). The summed E-state index contributed by atoms with van der Waals surface area (Å²) in [5, 5.41) is 20.4. The van der Waals surface area contributed by atoms with Gasteiger partial charge in [0.1, 0.15) is 11.4 Å². The van der Waals surface area contributed by atoms with E-state index in [1.807, 2.05) is 0 Å². The molecule has 0 atom stereocenters. The first kappa shape index (κ1) is 15.8. The minimum atomic E-state index is -4.63. The Hall–Kier alpha value is -2.23. The molecule has 0 radical (unpaired) electrons. The number of carbonyl (C=O) groups is 1. The van der Waals surface area contributed by atoms with Crippen LogP contribution in [0.3, 0.4) is 0 Å². The number of nitro benzene ring substituents is 1. The normalized spacial score (nSPS) is 11.0. The number of hydrogen-bond acceptors (Lipinski definition) is 4. The maximum absolute atomic E-state index is 12.0. The van der Waals surface area contributed by atoms with Gasteiger partial charge >= 0.3 is 12.3 Å². The molecule has 0 heterocycles. The number of benzene rings is 1. The van der Waals surface area contributed by atoms with Crippen LogP contribution in [0, 0.1) is 10.1 Å². The molecule has 1 amide bonds. The first-order valence-corrected chi connectivity index (χ1v) is 5.15. The number of amides is 1. The molecule has 0 fully saturated rings. The molecule has 110 valence electrons. The van der Waals surface area contributed by atoms with Crippen LogP contribution >= 0.6 is 11.6 Å². The molecule has 2 N–H and O–H groups in total. The predicted octanol–water partition coefficient (Wildman–Crippen LogP) is 3.28. The molecule has 20 heavy (non-hydrogen) atoms. The second-order valence-electron chi connectivity index (χ2n) is 3.39. The number of anilines is 1. The Morgan fingerprint density at radius 1 is 1.50 bits per heavy atom. The van der Waals surface area contributed by atoms with Gasteiger partial charge in [0.15, 0.2) is 6.61 Å². The number of hydrogen-bond donors (Lipinski definition) is 2. The summed E-state index contributed by atoms with van der Waals surface area (Å²) in [4.78, 5) is 20.2. The average Bonchev–Trinajstić information content (AvgIpc) is 2.27. The summed E-state index contributed by atoms with van der Waals surface area (Å²) in [5.74, 6) is -0.529. The molecule has 1 aromatic carbocycles. The molecule has 0 aromatic heterocycles. The van der Waals surface area contributed by atoms with Crippen molar-refractivity contribution in [1.29, 1.82) is 0 Å². The molecule has 1 rings (SSSR count). The highest BCUT2D eigenvalue weighted by Crippen LogP contribution is 2.36. The lowest BCUT2D eigenvalue weighted by Gasteiger charge is -2.12. The van der Waals surface area contributed by atoms with Crippen molar-refractivity contribution in [3.8, 4) is 5.75 Å². The third-order valence-corrected chi connectivity index (χ3v) is 2.18. The van der Waals surface area contributed by atoms with Crippen LogP contribution in [-0.2, 0) is 0 Å². The molecule has 0 aliphatic heterocycles. The highest BCUT2D eigenvalue weighted by Gasteiger charge is 2.29. The van der Waals surface area contributed by atoms with Gasteiger partial charge < -0.3 is 9.84 Å². The fourth-order valence-corrected chi connectivity index (χ4v) is 1.39. The van der Waals surface area contributed by atoms with Crippen molar-refractivity contribution < 1.29 is 32.7 Å². The van der Waals surface area contributed by atoms with Crippen molar-refractivity contribution >= 4 is 29.1 Å². The van der Waals surface area contributed by atoms with Gasteiger partial charge in [0.25, 0.3) is 5.69 Å². The van der Waals surface area contributed by atoms with Gasteiger partial charge in [-0.15, -0.1) is 0 Å². The highest BCUT2D eigenvalue weighted by atomic mass is 35.5. The molecule has 0 spiro atoms. The van der Waals surface area contributed by atoms with Crippen LogP contribution in [0.2, 0.25) is 5.02 Å². The van der Waals surface area contributed by atoms with Crippen LogP contribution in [0.25, 0.3) is 0 Å². The quantitative estimate of drug-likeness (QED) is 0.656. The van der Waals surface area contributed by atoms with Crippen LogP contribution in [0.5, 0.6) is 5.75 Å². The van der Waals surface area contributed by atoms with Gasteiger partial charge in [0, 0.05) is 12.1 Å². The van der Waals surface area contributed by atoms with Gasteiger partial charge in [0.05, 0.1) is 9.95 Å². The number of rotatable bonds is 4. The maximum Gasteiger partial charge on any atom is 0.422 e. The summed E-state index contributed by atoms with van der Waals surface area (Å²) < 4.78 is 40.4. The van der Waals surface area contributed by atoms with Crippen LogP contribution < -0.4 is 10.1 Å². The number of carboxylic acid groups (broad SMARTS) is 1. The van der Waals surface area contributed by atoms with Crippen molar-refractivity contribution in [3.63, 3.8) is 0 Å². The van der Waals surface area contributed by atoms with Gasteiger partial charge in [0.2, 0.25) is 0 Å². The molecule has 1 aromatic rings. The summed E-state index contributed by atoms with van der Waals surface area (Å²) in [7, 11) is 0. The molecule has 0 saturated carbocycles. The summed E-state index contributed by atoms with van der Waals surface area (Å²) in [5.41, 5.74) is -1.26. The zero-order valence-corrected chi connectivity index (χ0v) is 10.2. The smallest absolute Gasteiger partial charge is 0.422 e. The maximum atomic E-state index is 12.0. The summed E-state index contributed by atoms with van der Waals surface area (Å²) in [6, 6.07) is 1.40. The molecular weight excluding hydrogens is 309 g/mol. The number of ether oxygens (including phenoxy) is 1. The lowest BCUT2D eigenvalue weighted by Crippen LogP contribution is -2.19. The zero-order chi connectivity index (χ0) is 15.5. The third-order valence-electron chi connectivity index (χ3n) is 1.88. The Balaban J connectivity index is 3.14. The fraction of sp³-hybridized carbons (Fsp3) is 0.222. The first-order valence-electron chi connectivity index (χ1n) is 4.77. The largest absolute Gasteiger partial charge is 0.482 e. The van der Waals surface area contributed by atoms with E-state index in [0.717, 1.165) is 0 Å². The van der Waals surface area contributed by atoms with E-state index in [9.17, 15) is 28.1 Å². The van der Waals surface area contributed by atoms with Crippen LogP contribution in [0.1, 0.15) is 0 Å². The molecule has 11 heteroatoms. The fourth-order valence-electron chi connectivity index (χ4n) is 1.18. The summed E-state index contributed by atoms with van der Waals surface area (Å²) >= 11 is 5.54. The molecule has 7 nitrogen and oxygen atoms in total. The second-order valence-corrected chi connectivity index (χ2v) is 3.80. The van der Waals surface area contributed by atoms with Crippen molar-refractivity contribution in [1.82, 2.24) is 0 Å². The molecule has 0 aliphatic rings. The molecule has 0 unspecified atom stereocenters. The Bertz CT molecular complexity index is 549. The topological polar surface area (TPSA) is 102 Å². The predicted molar refractivity (Wildman–Crippen MR) is 61.3 cm³/mol. The van der Waals surface area contributed by atoms with Crippen molar-refractivity contribution in [3.05, 3.63) is 27.3 Å². The van der Waals surface area contributed by atoms with E-state index in [0.29, 0.717) is 12.1 Å². The number of nitrogens with one attached hydrogen (secondary N) is 1. The van der Waals surface area contributed by atoms with E-state index in [-0.39, 0.29) is 0 Å². The monoisotopic (exact) mass is 314 g/mol. The highest BCUT2D eigenvalue weighted by molar-refractivity contribution is 6.32. The number of nitro groups is 1. The van der Waals surface area contributed by atoms with Gasteiger partial charge in [-0.2, -0.15) is 13.2 Å². The average molecular weight is 315 g/mol. The van der Waals surface area contributed by atoms with E-state index in [1.165, 1.54) is 0 Å². The van der Waals surface area contributed by atoms with E-state index >= 15 is 0 Å². The van der Waals surface area contributed by atoms with Crippen LogP contribution in [0.4, 0.5) is 29.3 Å². The summed E-state index contributed by atoms with van der Waals surface area (Å²) in [6.45, 7) is -1.67. The molecule has 0 bridgehead atoms. The summed E-state index contributed by atoms with van der Waals surface area (Å²) in [6.07, 6.45) is -6.26. The Labute approximate surface area is 114 Å². The Morgan fingerprint density at radius 3 is 2.55 bits per heavy atom. The van der Waals surface area contributed by atoms with Gasteiger partial charge in [-0.05, 0) is 0 Å². The SMILES string of the molecule is O=C(O)Nc1cc(OCC(F)(F)F)c(Cl)cc1[N+](=O)[O-]. The van der Waals surface area contributed by atoms with Gasteiger partial charge in [-0.25, -0.2) is 4.79 Å². The molecule has 0 saturated heterocycles. The van der Waals surface area contributed by atoms with Gasteiger partial charge in [-0.1, -0.05) is 11.6 Å². The number of alkyl halides is 3. The minimum absolute atomic E-state index is 0.447. The van der Waals surface area contributed by atoms with Gasteiger partial charge in [-0.3, -0.25) is 15.4 Å². The van der Waals surface area contributed by atoms with Crippen LogP contribution in [0.15, 0.2) is 12.1 Å². The van der Waals surface area contributed by atoms with Crippen molar-refractivity contribution in [2.45, 2.75) is 6.18 Å². The molecule has 0 aliphatic carbocycles. The third kappa shape index (κ3) is 4.46. The number of halogens is 4. The lowest BCUT2D eigenvalue weighted by atomic mass is 10.2. The van der Waals surface area contributed by atoms with Crippen LogP contribution in [-0.4, -0.2) is 28.9 Å². The van der Waals surface area contributed by atoms with E-state index in [1.54, 1.807) is 5.32 Å². The second kappa shape index (κ2) is 5.82.